The largest absolute Gasteiger partial charge is 0.398 e. The fourth-order valence-corrected chi connectivity index (χ4v) is 2.21. The molecule has 5 nitrogen and oxygen atoms in total. The summed E-state index contributed by atoms with van der Waals surface area (Å²) >= 11 is 5.88. The Morgan fingerprint density at radius 3 is 2.60 bits per heavy atom. The minimum Gasteiger partial charge on any atom is -0.398 e. The van der Waals surface area contributed by atoms with E-state index >= 15 is 0 Å². The van der Waals surface area contributed by atoms with Crippen molar-refractivity contribution in [2.45, 2.75) is 26.9 Å². The summed E-state index contributed by atoms with van der Waals surface area (Å²) in [6.07, 6.45) is -0.256. The molecule has 0 aliphatic rings. The predicted molar refractivity (Wildman–Crippen MR) is 78.4 cm³/mol. The number of hydrogen-bond donors (Lipinski definition) is 1. The second-order valence-electron chi connectivity index (χ2n) is 5.67. The van der Waals surface area contributed by atoms with Crippen LogP contribution in [0.1, 0.15) is 32.7 Å². The summed E-state index contributed by atoms with van der Waals surface area (Å²) in [5, 5.41) is 4.56. The Morgan fingerprint density at radius 1 is 1.35 bits per heavy atom. The van der Waals surface area contributed by atoms with E-state index in [9.17, 15) is 0 Å². The van der Waals surface area contributed by atoms with Crippen LogP contribution in [0.25, 0.3) is 11.5 Å². The quantitative estimate of drug-likeness (QED) is 0.874. The van der Waals surface area contributed by atoms with Gasteiger partial charge in [-0.15, -0.1) is 0 Å². The maximum atomic E-state index is 5.91. The first-order chi connectivity index (χ1) is 9.32. The maximum Gasteiger partial charge on any atom is 0.260 e. The van der Waals surface area contributed by atoms with E-state index in [0.717, 1.165) is 0 Å². The molecule has 0 radical (unpaired) electrons. The molecule has 0 fully saturated rings. The van der Waals surface area contributed by atoms with Crippen LogP contribution in [0.3, 0.4) is 0 Å². The van der Waals surface area contributed by atoms with Crippen molar-refractivity contribution >= 4 is 17.3 Å². The summed E-state index contributed by atoms with van der Waals surface area (Å²) in [7, 11) is 1.63. The minimum atomic E-state index is -0.256. The van der Waals surface area contributed by atoms with Crippen LogP contribution in [0, 0.1) is 5.41 Å². The SMILES string of the molecule is COC(c1noc(-c2ccc(Cl)cc2N)n1)C(C)(C)C. The summed E-state index contributed by atoms with van der Waals surface area (Å²) in [4.78, 5) is 4.38. The van der Waals surface area contributed by atoms with Crippen molar-refractivity contribution in [2.75, 3.05) is 12.8 Å². The minimum absolute atomic E-state index is 0.137. The number of aromatic nitrogens is 2. The van der Waals surface area contributed by atoms with Crippen LogP contribution < -0.4 is 5.73 Å². The highest BCUT2D eigenvalue weighted by atomic mass is 35.5. The molecule has 0 spiro atoms. The van der Waals surface area contributed by atoms with E-state index < -0.39 is 0 Å². The van der Waals surface area contributed by atoms with Gasteiger partial charge in [0.1, 0.15) is 6.10 Å². The van der Waals surface area contributed by atoms with Crippen LogP contribution in [0.5, 0.6) is 0 Å². The molecule has 0 bridgehead atoms. The molecule has 2 aromatic rings. The molecule has 1 aromatic heterocycles. The molecule has 2 N–H and O–H groups in total. The molecule has 0 saturated carbocycles. The third kappa shape index (κ3) is 2.94. The Balaban J connectivity index is 2.38. The molecule has 20 heavy (non-hydrogen) atoms. The third-order valence-corrected chi connectivity index (χ3v) is 3.18. The average Bonchev–Trinajstić information content (AvgIpc) is 2.77. The molecular formula is C14H18ClN3O2. The molecule has 1 atom stereocenters. The zero-order chi connectivity index (χ0) is 14.9. The molecule has 1 heterocycles. The van der Waals surface area contributed by atoms with E-state index in [2.05, 4.69) is 10.1 Å². The lowest BCUT2D eigenvalue weighted by Gasteiger charge is -2.26. The molecule has 0 amide bonds. The van der Waals surface area contributed by atoms with Crippen molar-refractivity contribution in [3.63, 3.8) is 0 Å². The fraction of sp³-hybridized carbons (Fsp3) is 0.429. The van der Waals surface area contributed by atoms with Crippen LogP contribution in [-0.4, -0.2) is 17.3 Å². The number of nitrogens with two attached hydrogens (primary N) is 1. The standard InChI is InChI=1S/C14H18ClN3O2/c1-14(2,3)11(19-4)12-17-13(20-18-12)9-6-5-8(15)7-10(9)16/h5-7,11H,16H2,1-4H3. The highest BCUT2D eigenvalue weighted by Crippen LogP contribution is 2.35. The van der Waals surface area contributed by atoms with Gasteiger partial charge in [-0.05, 0) is 23.6 Å². The van der Waals surface area contributed by atoms with Crippen molar-refractivity contribution in [3.8, 4) is 11.5 Å². The molecule has 108 valence electrons. The lowest BCUT2D eigenvalue weighted by Crippen LogP contribution is -2.21. The molecule has 6 heteroatoms. The topological polar surface area (TPSA) is 74.2 Å². The van der Waals surface area contributed by atoms with Crippen LogP contribution in [0.15, 0.2) is 22.7 Å². The summed E-state index contributed by atoms with van der Waals surface area (Å²) < 4.78 is 10.7. The number of anilines is 1. The van der Waals surface area contributed by atoms with Crippen LogP contribution in [-0.2, 0) is 4.74 Å². The highest BCUT2D eigenvalue weighted by molar-refractivity contribution is 6.31. The summed E-state index contributed by atoms with van der Waals surface area (Å²) in [6, 6.07) is 5.14. The zero-order valence-corrected chi connectivity index (χ0v) is 12.7. The van der Waals surface area contributed by atoms with Gasteiger partial charge in [0.05, 0.1) is 5.56 Å². The predicted octanol–water partition coefficient (Wildman–Crippen LogP) is 3.71. The molecule has 1 aromatic carbocycles. The number of halogens is 1. The van der Waals surface area contributed by atoms with Gasteiger partial charge in [-0.2, -0.15) is 4.98 Å². The average molecular weight is 296 g/mol. The smallest absolute Gasteiger partial charge is 0.260 e. The Labute approximate surface area is 123 Å². The van der Waals surface area contributed by atoms with Gasteiger partial charge in [0, 0.05) is 17.8 Å². The van der Waals surface area contributed by atoms with Crippen LogP contribution in [0.4, 0.5) is 5.69 Å². The number of nitrogen functional groups attached to an aromatic ring is 1. The van der Waals surface area contributed by atoms with Gasteiger partial charge in [0.25, 0.3) is 5.89 Å². The molecule has 2 rings (SSSR count). The first kappa shape index (κ1) is 14.8. The maximum absolute atomic E-state index is 5.91. The van der Waals surface area contributed by atoms with Gasteiger partial charge in [-0.3, -0.25) is 0 Å². The second-order valence-corrected chi connectivity index (χ2v) is 6.11. The van der Waals surface area contributed by atoms with E-state index in [0.29, 0.717) is 28.0 Å². The summed E-state index contributed by atoms with van der Waals surface area (Å²) in [5.74, 6) is 0.866. The van der Waals surface area contributed by atoms with Gasteiger partial charge in [0.15, 0.2) is 0 Å². The van der Waals surface area contributed by atoms with Gasteiger partial charge in [0.2, 0.25) is 5.82 Å². The van der Waals surface area contributed by atoms with Crippen molar-refractivity contribution in [3.05, 3.63) is 29.0 Å². The van der Waals surface area contributed by atoms with Gasteiger partial charge in [-0.1, -0.05) is 37.5 Å². The molecule has 0 saturated heterocycles. The van der Waals surface area contributed by atoms with Gasteiger partial charge >= 0.3 is 0 Å². The Kier molecular flexibility index (Phi) is 4.01. The highest BCUT2D eigenvalue weighted by Gasteiger charge is 2.30. The number of rotatable bonds is 3. The zero-order valence-electron chi connectivity index (χ0n) is 12.0. The number of hydrogen-bond acceptors (Lipinski definition) is 5. The van der Waals surface area contributed by atoms with Gasteiger partial charge in [-0.25, -0.2) is 0 Å². The van der Waals surface area contributed by atoms with Crippen LogP contribution >= 0.6 is 11.6 Å². The molecule has 0 aliphatic heterocycles. The van der Waals surface area contributed by atoms with E-state index in [1.165, 1.54) is 0 Å². The third-order valence-electron chi connectivity index (χ3n) is 2.94. The van der Waals surface area contributed by atoms with Crippen molar-refractivity contribution < 1.29 is 9.26 Å². The van der Waals surface area contributed by atoms with Crippen molar-refractivity contribution in [1.29, 1.82) is 0 Å². The van der Waals surface area contributed by atoms with Crippen molar-refractivity contribution in [2.24, 2.45) is 5.41 Å². The van der Waals surface area contributed by atoms with Crippen LogP contribution in [0.2, 0.25) is 5.02 Å². The molecular weight excluding hydrogens is 278 g/mol. The van der Waals surface area contributed by atoms with Gasteiger partial charge < -0.3 is 15.0 Å². The fourth-order valence-electron chi connectivity index (χ4n) is 2.03. The first-order valence-corrected chi connectivity index (χ1v) is 6.62. The second kappa shape index (κ2) is 5.42. The Hall–Kier alpha value is -1.59. The monoisotopic (exact) mass is 295 g/mol. The van der Waals surface area contributed by atoms with Crippen molar-refractivity contribution in [1.82, 2.24) is 10.1 Å². The lowest BCUT2D eigenvalue weighted by atomic mass is 9.88. The normalized spacial score (nSPS) is 13.4. The van der Waals surface area contributed by atoms with E-state index in [4.69, 9.17) is 26.6 Å². The lowest BCUT2D eigenvalue weighted by molar-refractivity contribution is 0.00718. The van der Waals surface area contributed by atoms with E-state index in [1.807, 2.05) is 20.8 Å². The number of ether oxygens (including phenoxy) is 1. The summed E-state index contributed by atoms with van der Waals surface area (Å²) in [5.41, 5.74) is 6.94. The number of methoxy groups -OCH3 is 1. The van der Waals surface area contributed by atoms with E-state index in [-0.39, 0.29) is 11.5 Å². The molecule has 0 aliphatic carbocycles. The molecule has 1 unspecified atom stereocenters. The first-order valence-electron chi connectivity index (χ1n) is 6.24. The van der Waals surface area contributed by atoms with E-state index in [1.54, 1.807) is 25.3 Å². The number of benzene rings is 1. The Bertz CT molecular complexity index is 605. The number of nitrogens with zero attached hydrogens (tertiary/aromatic N) is 2. The Morgan fingerprint density at radius 2 is 2.05 bits per heavy atom. The summed E-state index contributed by atoms with van der Waals surface area (Å²) in [6.45, 7) is 6.15.